The Balaban J connectivity index is 3.94. The van der Waals surface area contributed by atoms with E-state index in [4.69, 9.17) is 11.5 Å². The van der Waals surface area contributed by atoms with Gasteiger partial charge in [0.05, 0.1) is 6.54 Å². The van der Waals surface area contributed by atoms with Crippen molar-refractivity contribution in [3.05, 3.63) is 0 Å². The van der Waals surface area contributed by atoms with Gasteiger partial charge in [0.15, 0.2) is 0 Å². The van der Waals surface area contributed by atoms with E-state index in [1.807, 2.05) is 0 Å². The standard InChI is InChI=1S/C10H15NO3/c1-4-5-11(3)9(12)6-8(2)7-10(13)14/h1,8H,5-7H2,2-3H3,(H,13,14). The van der Waals surface area contributed by atoms with Crippen LogP contribution in [0.3, 0.4) is 0 Å². The minimum atomic E-state index is -0.884. The molecule has 0 aliphatic rings. The molecule has 0 rings (SSSR count). The van der Waals surface area contributed by atoms with E-state index in [0.717, 1.165) is 0 Å². The molecule has 4 heteroatoms. The molecular weight excluding hydrogens is 182 g/mol. The number of amides is 1. The van der Waals surface area contributed by atoms with Crippen LogP contribution >= 0.6 is 0 Å². The van der Waals surface area contributed by atoms with Crippen molar-refractivity contribution in [2.45, 2.75) is 19.8 Å². The van der Waals surface area contributed by atoms with E-state index >= 15 is 0 Å². The van der Waals surface area contributed by atoms with Crippen LogP contribution in [0.1, 0.15) is 19.8 Å². The monoisotopic (exact) mass is 197 g/mol. The first-order chi connectivity index (χ1) is 6.47. The van der Waals surface area contributed by atoms with Gasteiger partial charge in [-0.25, -0.2) is 0 Å². The predicted octanol–water partition coefficient (Wildman–Crippen LogP) is 0.579. The predicted molar refractivity (Wildman–Crippen MR) is 52.5 cm³/mol. The molecule has 1 unspecified atom stereocenters. The fourth-order valence-electron chi connectivity index (χ4n) is 1.05. The summed E-state index contributed by atoms with van der Waals surface area (Å²) in [6.45, 7) is 1.99. The summed E-state index contributed by atoms with van der Waals surface area (Å²) in [7, 11) is 1.61. The number of rotatable bonds is 5. The molecule has 1 atom stereocenters. The highest BCUT2D eigenvalue weighted by molar-refractivity contribution is 5.77. The quantitative estimate of drug-likeness (QED) is 0.656. The number of carbonyl (C=O) groups is 2. The van der Waals surface area contributed by atoms with E-state index in [9.17, 15) is 9.59 Å². The van der Waals surface area contributed by atoms with Crippen LogP contribution < -0.4 is 0 Å². The molecular formula is C10H15NO3. The zero-order valence-corrected chi connectivity index (χ0v) is 8.49. The molecule has 0 aliphatic heterocycles. The van der Waals surface area contributed by atoms with E-state index in [1.165, 1.54) is 4.90 Å². The van der Waals surface area contributed by atoms with E-state index < -0.39 is 5.97 Å². The van der Waals surface area contributed by atoms with Gasteiger partial charge in [0.25, 0.3) is 0 Å². The highest BCUT2D eigenvalue weighted by Gasteiger charge is 2.14. The van der Waals surface area contributed by atoms with Crippen LogP contribution in [0.5, 0.6) is 0 Å². The normalized spacial score (nSPS) is 11.5. The van der Waals surface area contributed by atoms with Crippen molar-refractivity contribution in [2.24, 2.45) is 5.92 Å². The second kappa shape index (κ2) is 6.03. The third kappa shape index (κ3) is 5.20. The molecule has 0 aliphatic carbocycles. The first kappa shape index (κ1) is 12.5. The number of carboxylic acid groups (broad SMARTS) is 1. The maximum Gasteiger partial charge on any atom is 0.303 e. The van der Waals surface area contributed by atoms with Gasteiger partial charge >= 0.3 is 5.97 Å². The fourth-order valence-corrected chi connectivity index (χ4v) is 1.05. The summed E-state index contributed by atoms with van der Waals surface area (Å²) < 4.78 is 0. The van der Waals surface area contributed by atoms with Crippen molar-refractivity contribution in [2.75, 3.05) is 13.6 Å². The van der Waals surface area contributed by atoms with Gasteiger partial charge in [-0.2, -0.15) is 0 Å². The Morgan fingerprint density at radius 3 is 2.50 bits per heavy atom. The lowest BCUT2D eigenvalue weighted by Gasteiger charge is -2.16. The van der Waals surface area contributed by atoms with Crippen LogP contribution in [0.4, 0.5) is 0 Å². The molecule has 1 N–H and O–H groups in total. The van der Waals surface area contributed by atoms with Crippen molar-refractivity contribution in [3.8, 4) is 12.3 Å². The molecule has 0 aromatic rings. The van der Waals surface area contributed by atoms with Crippen molar-refractivity contribution >= 4 is 11.9 Å². The Hall–Kier alpha value is -1.50. The molecule has 0 radical (unpaired) electrons. The van der Waals surface area contributed by atoms with Gasteiger partial charge in [-0.05, 0) is 5.92 Å². The van der Waals surface area contributed by atoms with Crippen molar-refractivity contribution in [1.82, 2.24) is 4.90 Å². The maximum absolute atomic E-state index is 11.4. The van der Waals surface area contributed by atoms with Crippen molar-refractivity contribution in [1.29, 1.82) is 0 Å². The summed E-state index contributed by atoms with van der Waals surface area (Å²) >= 11 is 0. The van der Waals surface area contributed by atoms with Crippen LogP contribution in [0.15, 0.2) is 0 Å². The largest absolute Gasteiger partial charge is 0.481 e. The molecule has 78 valence electrons. The van der Waals surface area contributed by atoms with Crippen LogP contribution in [-0.4, -0.2) is 35.5 Å². The fraction of sp³-hybridized carbons (Fsp3) is 0.600. The first-order valence-corrected chi connectivity index (χ1v) is 4.36. The van der Waals surface area contributed by atoms with Gasteiger partial charge in [-0.15, -0.1) is 6.42 Å². The minimum Gasteiger partial charge on any atom is -0.481 e. The van der Waals surface area contributed by atoms with E-state index in [2.05, 4.69) is 5.92 Å². The van der Waals surface area contributed by atoms with Gasteiger partial charge in [0.1, 0.15) is 0 Å². The van der Waals surface area contributed by atoms with Crippen molar-refractivity contribution < 1.29 is 14.7 Å². The van der Waals surface area contributed by atoms with E-state index in [-0.39, 0.29) is 31.2 Å². The SMILES string of the molecule is C#CCN(C)C(=O)CC(C)CC(=O)O. The molecule has 1 amide bonds. The second-order valence-corrected chi connectivity index (χ2v) is 3.36. The number of aliphatic carboxylic acids is 1. The molecule has 0 aromatic carbocycles. The van der Waals surface area contributed by atoms with Gasteiger partial charge < -0.3 is 10.0 Å². The number of nitrogens with zero attached hydrogens (tertiary/aromatic N) is 1. The van der Waals surface area contributed by atoms with Crippen molar-refractivity contribution in [3.63, 3.8) is 0 Å². The van der Waals surface area contributed by atoms with Crippen LogP contribution in [0, 0.1) is 18.3 Å². The number of carbonyl (C=O) groups excluding carboxylic acids is 1. The Bertz CT molecular complexity index is 255. The van der Waals surface area contributed by atoms with Crippen LogP contribution in [0.25, 0.3) is 0 Å². The molecule has 14 heavy (non-hydrogen) atoms. The zero-order chi connectivity index (χ0) is 11.1. The molecule has 0 saturated carbocycles. The highest BCUT2D eigenvalue weighted by Crippen LogP contribution is 2.08. The summed E-state index contributed by atoms with van der Waals surface area (Å²) in [5, 5.41) is 8.48. The zero-order valence-electron chi connectivity index (χ0n) is 8.49. The van der Waals surface area contributed by atoms with Gasteiger partial charge in [0.2, 0.25) is 5.91 Å². The topological polar surface area (TPSA) is 57.6 Å². The third-order valence-corrected chi connectivity index (χ3v) is 1.80. The smallest absolute Gasteiger partial charge is 0.303 e. The number of hydrogen-bond donors (Lipinski definition) is 1. The summed E-state index contributed by atoms with van der Waals surface area (Å²) in [5.74, 6) is 1.20. The second-order valence-electron chi connectivity index (χ2n) is 3.36. The molecule has 0 aromatic heterocycles. The number of hydrogen-bond acceptors (Lipinski definition) is 2. The summed E-state index contributed by atoms with van der Waals surface area (Å²) in [5.41, 5.74) is 0. The molecule has 0 bridgehead atoms. The Labute approximate surface area is 83.9 Å². The summed E-state index contributed by atoms with van der Waals surface area (Å²) in [6, 6.07) is 0. The first-order valence-electron chi connectivity index (χ1n) is 4.36. The molecule has 0 fully saturated rings. The Morgan fingerprint density at radius 1 is 1.50 bits per heavy atom. The molecule has 0 spiro atoms. The Morgan fingerprint density at radius 2 is 2.07 bits per heavy atom. The van der Waals surface area contributed by atoms with Crippen LogP contribution in [0.2, 0.25) is 0 Å². The highest BCUT2D eigenvalue weighted by atomic mass is 16.4. The average Bonchev–Trinajstić information content (AvgIpc) is 2.02. The lowest BCUT2D eigenvalue weighted by Crippen LogP contribution is -2.28. The lowest BCUT2D eigenvalue weighted by atomic mass is 10.0. The van der Waals surface area contributed by atoms with Gasteiger partial charge in [-0.3, -0.25) is 9.59 Å². The van der Waals surface area contributed by atoms with Gasteiger partial charge in [0, 0.05) is 19.9 Å². The molecule has 0 saturated heterocycles. The van der Waals surface area contributed by atoms with Gasteiger partial charge in [-0.1, -0.05) is 12.8 Å². The Kier molecular flexibility index (Phi) is 5.38. The maximum atomic E-state index is 11.4. The number of carboxylic acids is 1. The summed E-state index contributed by atoms with van der Waals surface area (Å²) in [6.07, 6.45) is 5.28. The lowest BCUT2D eigenvalue weighted by molar-refractivity contribution is -0.138. The molecule has 4 nitrogen and oxygen atoms in total. The summed E-state index contributed by atoms with van der Waals surface area (Å²) in [4.78, 5) is 23.1. The third-order valence-electron chi connectivity index (χ3n) is 1.80. The van der Waals surface area contributed by atoms with Crippen LogP contribution in [-0.2, 0) is 9.59 Å². The number of terminal acetylenes is 1. The average molecular weight is 197 g/mol. The minimum absolute atomic E-state index is 0.00956. The van der Waals surface area contributed by atoms with E-state index in [0.29, 0.717) is 0 Å². The van der Waals surface area contributed by atoms with E-state index in [1.54, 1.807) is 14.0 Å². The molecule has 0 heterocycles.